The van der Waals surface area contributed by atoms with Crippen molar-refractivity contribution in [2.45, 2.75) is 38.3 Å². The van der Waals surface area contributed by atoms with E-state index >= 15 is 0 Å². The molecule has 0 amide bonds. The first-order valence-electron chi connectivity index (χ1n) is 6.48. The van der Waals surface area contributed by atoms with Crippen molar-refractivity contribution >= 4 is 9.84 Å². The fourth-order valence-electron chi connectivity index (χ4n) is 2.38. The molecule has 2 unspecified atom stereocenters. The molecule has 1 N–H and O–H groups in total. The monoisotopic (exact) mass is 279 g/mol. The highest BCUT2D eigenvalue weighted by atomic mass is 32.2. The lowest BCUT2D eigenvalue weighted by Crippen LogP contribution is -2.58. The van der Waals surface area contributed by atoms with Gasteiger partial charge < -0.3 is 9.84 Å². The molecule has 108 valence electrons. The first kappa shape index (κ1) is 15.9. The summed E-state index contributed by atoms with van der Waals surface area (Å²) < 4.78 is 27.7. The lowest BCUT2D eigenvalue weighted by molar-refractivity contribution is -0.0723. The molecule has 18 heavy (non-hydrogen) atoms. The van der Waals surface area contributed by atoms with E-state index in [2.05, 4.69) is 4.90 Å². The third-order valence-corrected chi connectivity index (χ3v) is 4.91. The number of ether oxygens (including phenoxy) is 1. The van der Waals surface area contributed by atoms with Crippen LogP contribution in [0.4, 0.5) is 0 Å². The third kappa shape index (κ3) is 4.19. The summed E-state index contributed by atoms with van der Waals surface area (Å²) in [6, 6.07) is 0. The van der Waals surface area contributed by atoms with Gasteiger partial charge in [-0.2, -0.15) is 0 Å². The molecule has 0 bridgehead atoms. The third-order valence-electron chi connectivity index (χ3n) is 3.93. The summed E-state index contributed by atoms with van der Waals surface area (Å²) in [5.41, 5.74) is -0.367. The van der Waals surface area contributed by atoms with Crippen LogP contribution in [-0.4, -0.2) is 68.4 Å². The van der Waals surface area contributed by atoms with Crippen LogP contribution in [0.2, 0.25) is 0 Å². The molecular weight excluding hydrogens is 254 g/mol. The fourth-order valence-corrected chi connectivity index (χ4v) is 3.03. The van der Waals surface area contributed by atoms with Gasteiger partial charge >= 0.3 is 0 Å². The van der Waals surface area contributed by atoms with Crippen LogP contribution in [-0.2, 0) is 14.6 Å². The molecule has 0 aromatic rings. The van der Waals surface area contributed by atoms with E-state index in [0.717, 1.165) is 19.5 Å². The second kappa shape index (κ2) is 6.32. The summed E-state index contributed by atoms with van der Waals surface area (Å²) >= 11 is 0. The molecule has 1 fully saturated rings. The lowest BCUT2D eigenvalue weighted by Gasteiger charge is -2.45. The van der Waals surface area contributed by atoms with Crippen molar-refractivity contribution in [3.8, 4) is 0 Å². The summed E-state index contributed by atoms with van der Waals surface area (Å²) in [7, 11) is -3.02. The summed E-state index contributed by atoms with van der Waals surface area (Å²) in [5.74, 6) is 0.0358. The van der Waals surface area contributed by atoms with Crippen molar-refractivity contribution in [1.82, 2.24) is 4.90 Å². The Labute approximate surface area is 110 Å². The van der Waals surface area contributed by atoms with Gasteiger partial charge in [0.15, 0.2) is 0 Å². The van der Waals surface area contributed by atoms with E-state index in [1.165, 1.54) is 6.26 Å². The Morgan fingerprint density at radius 3 is 2.39 bits per heavy atom. The van der Waals surface area contributed by atoms with Crippen LogP contribution in [0.3, 0.4) is 0 Å². The van der Waals surface area contributed by atoms with Crippen molar-refractivity contribution in [3.05, 3.63) is 0 Å². The molecule has 0 radical (unpaired) electrons. The number of morpholine rings is 1. The van der Waals surface area contributed by atoms with Gasteiger partial charge in [0.25, 0.3) is 0 Å². The molecule has 5 nitrogen and oxygen atoms in total. The average Bonchev–Trinajstić information content (AvgIpc) is 2.35. The zero-order valence-electron chi connectivity index (χ0n) is 11.6. The van der Waals surface area contributed by atoms with Crippen molar-refractivity contribution < 1.29 is 18.3 Å². The molecule has 1 rings (SSSR count). The van der Waals surface area contributed by atoms with Crippen molar-refractivity contribution in [1.29, 1.82) is 0 Å². The van der Waals surface area contributed by atoms with E-state index in [-0.39, 0.29) is 11.3 Å². The minimum atomic E-state index is -3.02. The highest BCUT2D eigenvalue weighted by Crippen LogP contribution is 2.26. The largest absolute Gasteiger partial charge is 0.391 e. The maximum atomic E-state index is 11.2. The fraction of sp³-hybridized carbons (Fsp3) is 1.00. The Bertz CT molecular complexity index is 351. The molecule has 0 aromatic heterocycles. The van der Waals surface area contributed by atoms with Crippen LogP contribution in [0.1, 0.15) is 26.7 Å². The Kier molecular flexibility index (Phi) is 5.58. The molecule has 1 aliphatic heterocycles. The van der Waals surface area contributed by atoms with E-state index in [4.69, 9.17) is 4.74 Å². The molecule has 1 heterocycles. The van der Waals surface area contributed by atoms with Gasteiger partial charge in [-0.15, -0.1) is 0 Å². The SMILES string of the molecule is CCC(C)(C(O)CCS(C)(=O)=O)N1CCOCC1. The van der Waals surface area contributed by atoms with Crippen LogP contribution in [0.5, 0.6) is 0 Å². The van der Waals surface area contributed by atoms with Crippen LogP contribution in [0.25, 0.3) is 0 Å². The first-order chi connectivity index (χ1) is 8.29. The predicted molar refractivity (Wildman–Crippen MR) is 71.4 cm³/mol. The van der Waals surface area contributed by atoms with Crippen molar-refractivity contribution in [2.24, 2.45) is 0 Å². The van der Waals surface area contributed by atoms with Gasteiger partial charge in [0.2, 0.25) is 0 Å². The van der Waals surface area contributed by atoms with Crippen molar-refractivity contribution in [2.75, 3.05) is 38.3 Å². The maximum Gasteiger partial charge on any atom is 0.147 e. The smallest absolute Gasteiger partial charge is 0.147 e. The van der Waals surface area contributed by atoms with Gasteiger partial charge in [0.1, 0.15) is 9.84 Å². The first-order valence-corrected chi connectivity index (χ1v) is 8.54. The summed E-state index contributed by atoms with van der Waals surface area (Å²) in [6.07, 6.45) is 1.66. The second-order valence-corrected chi connectivity index (χ2v) is 7.50. The van der Waals surface area contributed by atoms with Gasteiger partial charge in [0.05, 0.1) is 25.1 Å². The van der Waals surface area contributed by atoms with Crippen LogP contribution in [0.15, 0.2) is 0 Å². The van der Waals surface area contributed by atoms with E-state index in [1.54, 1.807) is 0 Å². The maximum absolute atomic E-state index is 11.2. The Balaban J connectivity index is 2.66. The van der Waals surface area contributed by atoms with Gasteiger partial charge in [-0.05, 0) is 19.8 Å². The zero-order valence-corrected chi connectivity index (χ0v) is 12.4. The van der Waals surface area contributed by atoms with E-state index in [9.17, 15) is 13.5 Å². The number of aliphatic hydroxyl groups is 1. The van der Waals surface area contributed by atoms with Crippen LogP contribution >= 0.6 is 0 Å². The minimum absolute atomic E-state index is 0.0358. The summed E-state index contributed by atoms with van der Waals surface area (Å²) in [6.45, 7) is 6.97. The second-order valence-electron chi connectivity index (χ2n) is 5.24. The topological polar surface area (TPSA) is 66.8 Å². The summed E-state index contributed by atoms with van der Waals surface area (Å²) in [4.78, 5) is 2.21. The van der Waals surface area contributed by atoms with Gasteiger partial charge in [0, 0.05) is 24.9 Å². The number of hydrogen-bond acceptors (Lipinski definition) is 5. The number of nitrogens with zero attached hydrogens (tertiary/aromatic N) is 1. The summed E-state index contributed by atoms with van der Waals surface area (Å²) in [5, 5.41) is 10.3. The van der Waals surface area contributed by atoms with E-state index in [0.29, 0.717) is 19.6 Å². The van der Waals surface area contributed by atoms with Gasteiger partial charge in [-0.25, -0.2) is 8.42 Å². The Hall–Kier alpha value is -0.170. The molecule has 1 aliphatic rings. The standard InChI is InChI=1S/C12H25NO4S/c1-4-12(2,13-6-8-17-9-7-13)11(14)5-10-18(3,15)16/h11,14H,4-10H2,1-3H3. The van der Waals surface area contributed by atoms with E-state index < -0.39 is 15.9 Å². The minimum Gasteiger partial charge on any atom is -0.391 e. The molecular formula is C12H25NO4S. The number of rotatable bonds is 6. The Morgan fingerprint density at radius 1 is 1.39 bits per heavy atom. The predicted octanol–water partition coefficient (Wildman–Crippen LogP) is 0.283. The van der Waals surface area contributed by atoms with Gasteiger partial charge in [-0.3, -0.25) is 4.90 Å². The molecule has 0 spiro atoms. The highest BCUT2D eigenvalue weighted by Gasteiger charge is 2.38. The highest BCUT2D eigenvalue weighted by molar-refractivity contribution is 7.90. The Morgan fingerprint density at radius 2 is 1.94 bits per heavy atom. The molecule has 1 saturated heterocycles. The quantitative estimate of drug-likeness (QED) is 0.756. The van der Waals surface area contributed by atoms with Crippen molar-refractivity contribution in [3.63, 3.8) is 0 Å². The molecule has 0 aliphatic carbocycles. The molecule has 6 heteroatoms. The zero-order chi connectivity index (χ0) is 13.8. The average molecular weight is 279 g/mol. The number of aliphatic hydroxyl groups excluding tert-OH is 1. The normalized spacial score (nSPS) is 23.6. The van der Waals surface area contributed by atoms with E-state index in [1.807, 2.05) is 13.8 Å². The lowest BCUT2D eigenvalue weighted by atomic mass is 9.87. The van der Waals surface area contributed by atoms with Crippen LogP contribution in [0, 0.1) is 0 Å². The molecule has 0 saturated carbocycles. The molecule has 2 atom stereocenters. The number of hydrogen-bond donors (Lipinski definition) is 1. The number of sulfone groups is 1. The molecule has 0 aromatic carbocycles. The van der Waals surface area contributed by atoms with Gasteiger partial charge in [-0.1, -0.05) is 6.92 Å². The van der Waals surface area contributed by atoms with Crippen LogP contribution < -0.4 is 0 Å².